The summed E-state index contributed by atoms with van der Waals surface area (Å²) in [6.07, 6.45) is 9.47. The van der Waals surface area contributed by atoms with Crippen LogP contribution in [0.2, 0.25) is 0 Å². The van der Waals surface area contributed by atoms with Crippen molar-refractivity contribution in [2.75, 3.05) is 13.1 Å². The number of rotatable bonds is 1. The van der Waals surface area contributed by atoms with Crippen LogP contribution in [0.1, 0.15) is 44.1 Å². The second-order valence-electron chi connectivity index (χ2n) is 6.04. The topological polar surface area (TPSA) is 24.9 Å². The zero-order valence-corrected chi connectivity index (χ0v) is 10.7. The summed E-state index contributed by atoms with van der Waals surface area (Å²) in [4.78, 5) is 4.29. The van der Waals surface area contributed by atoms with E-state index in [0.717, 1.165) is 11.8 Å². The molecular formula is C15H22N2. The van der Waals surface area contributed by atoms with Crippen molar-refractivity contribution in [2.24, 2.45) is 11.3 Å². The fraction of sp³-hybridized carbons (Fsp3) is 0.667. The summed E-state index contributed by atoms with van der Waals surface area (Å²) in [5, 5.41) is 3.55. The van der Waals surface area contributed by atoms with Crippen molar-refractivity contribution in [3.05, 3.63) is 30.1 Å². The second-order valence-corrected chi connectivity index (χ2v) is 6.04. The van der Waals surface area contributed by atoms with E-state index >= 15 is 0 Å². The Morgan fingerprint density at radius 3 is 3.06 bits per heavy atom. The van der Waals surface area contributed by atoms with Gasteiger partial charge in [-0.3, -0.25) is 4.98 Å². The Labute approximate surface area is 104 Å². The van der Waals surface area contributed by atoms with Crippen LogP contribution >= 0.6 is 0 Å². The van der Waals surface area contributed by atoms with E-state index in [2.05, 4.69) is 35.6 Å². The summed E-state index contributed by atoms with van der Waals surface area (Å²) in [5.74, 6) is 1.53. The van der Waals surface area contributed by atoms with Gasteiger partial charge < -0.3 is 5.32 Å². The third-order valence-electron chi connectivity index (χ3n) is 4.91. The standard InChI is InChI=1S/C15H22N2/c1-12-4-5-15(6-8-17-11-15)9-14(12)13-3-2-7-16-10-13/h2-3,7,10,12,14,17H,4-6,8-9,11H2,1H3/t12-,14?,15?/m1/s1. The molecule has 1 aliphatic carbocycles. The first-order valence-electron chi connectivity index (χ1n) is 6.90. The highest BCUT2D eigenvalue weighted by atomic mass is 14.9. The molecule has 1 saturated carbocycles. The molecule has 1 saturated heterocycles. The lowest BCUT2D eigenvalue weighted by molar-refractivity contribution is 0.152. The van der Waals surface area contributed by atoms with E-state index in [1.807, 2.05) is 6.20 Å². The minimum absolute atomic E-state index is 0.590. The summed E-state index contributed by atoms with van der Waals surface area (Å²) in [6.45, 7) is 4.86. The molecular weight excluding hydrogens is 208 g/mol. The number of nitrogens with zero attached hydrogens (tertiary/aromatic N) is 1. The van der Waals surface area contributed by atoms with Gasteiger partial charge in [0.05, 0.1) is 0 Å². The molecule has 3 rings (SSSR count). The lowest BCUT2D eigenvalue weighted by Gasteiger charge is -2.41. The van der Waals surface area contributed by atoms with Gasteiger partial charge in [-0.25, -0.2) is 0 Å². The van der Waals surface area contributed by atoms with E-state index in [-0.39, 0.29) is 0 Å². The molecule has 0 amide bonds. The highest BCUT2D eigenvalue weighted by Crippen LogP contribution is 2.49. The minimum Gasteiger partial charge on any atom is -0.316 e. The maximum Gasteiger partial charge on any atom is 0.0302 e. The van der Waals surface area contributed by atoms with Gasteiger partial charge in [0.1, 0.15) is 0 Å². The molecule has 3 atom stereocenters. The summed E-state index contributed by atoms with van der Waals surface area (Å²) >= 11 is 0. The Balaban J connectivity index is 1.83. The first-order chi connectivity index (χ1) is 8.29. The molecule has 0 bridgehead atoms. The Hall–Kier alpha value is -0.890. The number of aromatic nitrogens is 1. The van der Waals surface area contributed by atoms with Gasteiger partial charge in [-0.2, -0.15) is 0 Å². The van der Waals surface area contributed by atoms with Crippen LogP contribution in [-0.4, -0.2) is 18.1 Å². The molecule has 1 aliphatic heterocycles. The quantitative estimate of drug-likeness (QED) is 0.802. The van der Waals surface area contributed by atoms with Gasteiger partial charge in [0.2, 0.25) is 0 Å². The lowest BCUT2D eigenvalue weighted by Crippen LogP contribution is -2.33. The summed E-state index contributed by atoms with van der Waals surface area (Å²) in [6, 6.07) is 4.34. The van der Waals surface area contributed by atoms with Crippen LogP contribution in [0.3, 0.4) is 0 Å². The van der Waals surface area contributed by atoms with Crippen molar-refractivity contribution < 1.29 is 0 Å². The van der Waals surface area contributed by atoms with Gasteiger partial charge in [0.15, 0.2) is 0 Å². The third-order valence-corrected chi connectivity index (χ3v) is 4.91. The van der Waals surface area contributed by atoms with Crippen molar-refractivity contribution in [1.29, 1.82) is 0 Å². The molecule has 0 radical (unpaired) electrons. The van der Waals surface area contributed by atoms with E-state index in [1.54, 1.807) is 0 Å². The molecule has 2 nitrogen and oxygen atoms in total. The van der Waals surface area contributed by atoms with Crippen molar-refractivity contribution >= 4 is 0 Å². The number of nitrogens with one attached hydrogen (secondary N) is 1. The van der Waals surface area contributed by atoms with E-state index in [1.165, 1.54) is 44.3 Å². The van der Waals surface area contributed by atoms with E-state index in [0.29, 0.717) is 5.41 Å². The molecule has 2 fully saturated rings. The van der Waals surface area contributed by atoms with Crippen molar-refractivity contribution in [1.82, 2.24) is 10.3 Å². The van der Waals surface area contributed by atoms with Gasteiger partial charge in [-0.1, -0.05) is 13.0 Å². The van der Waals surface area contributed by atoms with Crippen LogP contribution in [-0.2, 0) is 0 Å². The first kappa shape index (κ1) is 11.2. The van der Waals surface area contributed by atoms with Gasteiger partial charge >= 0.3 is 0 Å². The van der Waals surface area contributed by atoms with Gasteiger partial charge in [0.25, 0.3) is 0 Å². The zero-order valence-electron chi connectivity index (χ0n) is 10.7. The molecule has 17 heavy (non-hydrogen) atoms. The normalized spacial score (nSPS) is 37.5. The van der Waals surface area contributed by atoms with E-state index < -0.39 is 0 Å². The Bertz CT molecular complexity index is 368. The van der Waals surface area contributed by atoms with Crippen LogP contribution in [0.25, 0.3) is 0 Å². The Kier molecular flexibility index (Phi) is 2.91. The van der Waals surface area contributed by atoms with Crippen LogP contribution in [0.15, 0.2) is 24.5 Å². The molecule has 1 aromatic rings. The predicted octanol–water partition coefficient (Wildman–Crippen LogP) is 2.96. The van der Waals surface area contributed by atoms with Crippen molar-refractivity contribution in [2.45, 2.75) is 38.5 Å². The van der Waals surface area contributed by atoms with E-state index in [4.69, 9.17) is 0 Å². The van der Waals surface area contributed by atoms with Gasteiger partial charge in [0, 0.05) is 18.9 Å². The van der Waals surface area contributed by atoms with Crippen molar-refractivity contribution in [3.8, 4) is 0 Å². The van der Waals surface area contributed by atoms with Crippen LogP contribution in [0.5, 0.6) is 0 Å². The predicted molar refractivity (Wildman–Crippen MR) is 69.9 cm³/mol. The number of pyridine rings is 1. The highest BCUT2D eigenvalue weighted by Gasteiger charge is 2.41. The maximum absolute atomic E-state index is 4.29. The average Bonchev–Trinajstić information content (AvgIpc) is 2.82. The smallest absolute Gasteiger partial charge is 0.0302 e. The van der Waals surface area contributed by atoms with Crippen LogP contribution < -0.4 is 5.32 Å². The Morgan fingerprint density at radius 1 is 1.41 bits per heavy atom. The molecule has 2 heteroatoms. The Morgan fingerprint density at radius 2 is 2.35 bits per heavy atom. The minimum atomic E-state index is 0.590. The molecule has 2 heterocycles. The number of hydrogen-bond acceptors (Lipinski definition) is 2. The monoisotopic (exact) mass is 230 g/mol. The molecule has 2 unspecified atom stereocenters. The lowest BCUT2D eigenvalue weighted by atomic mass is 9.64. The summed E-state index contributed by atoms with van der Waals surface area (Å²) < 4.78 is 0. The fourth-order valence-corrected chi connectivity index (χ4v) is 3.73. The average molecular weight is 230 g/mol. The van der Waals surface area contributed by atoms with E-state index in [9.17, 15) is 0 Å². The SMILES string of the molecule is C[C@@H]1CCC2(CCNC2)CC1c1cccnc1. The number of hydrogen-bond donors (Lipinski definition) is 1. The fourth-order valence-electron chi connectivity index (χ4n) is 3.73. The summed E-state index contributed by atoms with van der Waals surface area (Å²) in [5.41, 5.74) is 2.04. The molecule has 2 aliphatic rings. The molecule has 92 valence electrons. The van der Waals surface area contributed by atoms with Crippen molar-refractivity contribution in [3.63, 3.8) is 0 Å². The van der Waals surface area contributed by atoms with Crippen LogP contribution in [0.4, 0.5) is 0 Å². The van der Waals surface area contributed by atoms with Crippen LogP contribution in [0, 0.1) is 11.3 Å². The largest absolute Gasteiger partial charge is 0.316 e. The van der Waals surface area contributed by atoms with Gasteiger partial charge in [-0.15, -0.1) is 0 Å². The van der Waals surface area contributed by atoms with Gasteiger partial charge in [-0.05, 0) is 61.1 Å². The third kappa shape index (κ3) is 2.11. The first-order valence-corrected chi connectivity index (χ1v) is 6.90. The summed E-state index contributed by atoms with van der Waals surface area (Å²) in [7, 11) is 0. The highest BCUT2D eigenvalue weighted by molar-refractivity contribution is 5.18. The zero-order chi connectivity index (χ0) is 11.7. The second kappa shape index (κ2) is 4.41. The maximum atomic E-state index is 4.29. The molecule has 1 aromatic heterocycles. The molecule has 1 N–H and O–H groups in total. The molecule has 1 spiro atoms. The molecule has 0 aromatic carbocycles.